The molecule has 0 unspecified atom stereocenters. The number of nitrogens with zero attached hydrogens (tertiary/aromatic N) is 4. The van der Waals surface area contributed by atoms with E-state index < -0.39 is 17.7 Å². The monoisotopic (exact) mass is 377 g/mol. The lowest BCUT2D eigenvalue weighted by atomic mass is 9.95. The Morgan fingerprint density at radius 1 is 1.30 bits per heavy atom. The molecule has 0 radical (unpaired) electrons. The third-order valence-electron chi connectivity index (χ3n) is 5.09. The van der Waals surface area contributed by atoms with Gasteiger partial charge in [-0.25, -0.2) is 8.78 Å². The van der Waals surface area contributed by atoms with Crippen LogP contribution in [-0.2, 0) is 4.79 Å². The number of carbonyl (C=O) groups excluding carboxylic acids is 1. The molecule has 1 N–H and O–H groups in total. The summed E-state index contributed by atoms with van der Waals surface area (Å²) in [6, 6.07) is 2.82. The minimum Gasteiger partial charge on any atom is -0.322 e. The van der Waals surface area contributed by atoms with Gasteiger partial charge in [-0.15, -0.1) is 10.2 Å². The van der Waals surface area contributed by atoms with Gasteiger partial charge in [-0.1, -0.05) is 0 Å². The molecule has 6 nitrogen and oxygen atoms in total. The fraction of sp³-hybridized carbons (Fsp3) is 0.526. The van der Waals surface area contributed by atoms with Crippen molar-refractivity contribution in [3.63, 3.8) is 0 Å². The number of carbonyl (C=O) groups is 1. The lowest BCUT2D eigenvalue weighted by molar-refractivity contribution is -0.121. The highest BCUT2D eigenvalue weighted by atomic mass is 19.1. The third kappa shape index (κ3) is 4.32. The van der Waals surface area contributed by atoms with E-state index in [0.717, 1.165) is 43.4 Å². The molecule has 2 aromatic rings. The van der Waals surface area contributed by atoms with Gasteiger partial charge >= 0.3 is 0 Å². The maximum Gasteiger partial charge on any atom is 0.241 e. The van der Waals surface area contributed by atoms with E-state index in [4.69, 9.17) is 0 Å². The lowest BCUT2D eigenvalue weighted by Gasteiger charge is -2.36. The van der Waals surface area contributed by atoms with Crippen molar-refractivity contribution in [2.45, 2.75) is 51.6 Å². The summed E-state index contributed by atoms with van der Waals surface area (Å²) >= 11 is 0. The number of nitrogens with one attached hydrogen (secondary N) is 1. The Kier molecular flexibility index (Phi) is 5.84. The Hall–Kier alpha value is -2.35. The molecule has 0 spiro atoms. The van der Waals surface area contributed by atoms with Gasteiger partial charge in [0, 0.05) is 24.6 Å². The van der Waals surface area contributed by atoms with Gasteiger partial charge in [0.25, 0.3) is 0 Å². The molecule has 1 aliphatic heterocycles. The van der Waals surface area contributed by atoms with Crippen LogP contribution in [0.5, 0.6) is 0 Å². The molecule has 146 valence electrons. The molecule has 1 aliphatic rings. The molecule has 0 bridgehead atoms. The average molecular weight is 377 g/mol. The Bertz CT molecular complexity index is 807. The van der Waals surface area contributed by atoms with E-state index in [1.165, 1.54) is 0 Å². The molecule has 1 fully saturated rings. The highest BCUT2D eigenvalue weighted by Crippen LogP contribution is 2.28. The lowest BCUT2D eigenvalue weighted by Crippen LogP contribution is -2.47. The van der Waals surface area contributed by atoms with Crippen LogP contribution in [0.2, 0.25) is 0 Å². The Labute approximate surface area is 157 Å². The van der Waals surface area contributed by atoms with Crippen molar-refractivity contribution < 1.29 is 13.6 Å². The van der Waals surface area contributed by atoms with Crippen LogP contribution in [0.25, 0.3) is 0 Å². The third-order valence-corrected chi connectivity index (χ3v) is 5.09. The van der Waals surface area contributed by atoms with E-state index in [1.807, 2.05) is 0 Å². The molecule has 0 aliphatic carbocycles. The molecule has 3 rings (SSSR count). The second-order valence-electron chi connectivity index (χ2n) is 7.31. The van der Waals surface area contributed by atoms with Crippen LogP contribution in [0.3, 0.4) is 0 Å². The predicted octanol–water partition coefficient (Wildman–Crippen LogP) is 3.34. The van der Waals surface area contributed by atoms with E-state index in [0.29, 0.717) is 6.54 Å². The normalized spacial score (nSPS) is 19.3. The highest BCUT2D eigenvalue weighted by Gasteiger charge is 2.31. The van der Waals surface area contributed by atoms with E-state index in [2.05, 4.69) is 38.8 Å². The van der Waals surface area contributed by atoms with Crippen molar-refractivity contribution in [2.24, 2.45) is 0 Å². The molecule has 2 atom stereocenters. The molecule has 1 amide bonds. The van der Waals surface area contributed by atoms with Crippen LogP contribution in [0.4, 0.5) is 14.5 Å². The van der Waals surface area contributed by atoms with Gasteiger partial charge in [-0.05, 0) is 52.3 Å². The van der Waals surface area contributed by atoms with Gasteiger partial charge in [0.05, 0.1) is 11.7 Å². The first-order chi connectivity index (χ1) is 12.9. The Morgan fingerprint density at radius 3 is 2.81 bits per heavy atom. The topological polar surface area (TPSA) is 63.1 Å². The molecule has 1 aromatic heterocycles. The molecular formula is C19H25F2N5O. The van der Waals surface area contributed by atoms with Crippen molar-refractivity contribution in [3.05, 3.63) is 42.0 Å². The van der Waals surface area contributed by atoms with E-state index in [9.17, 15) is 13.6 Å². The van der Waals surface area contributed by atoms with Crippen LogP contribution in [-0.4, -0.2) is 44.7 Å². The molecule has 8 heteroatoms. The van der Waals surface area contributed by atoms with Crippen molar-refractivity contribution in [2.75, 3.05) is 18.4 Å². The first-order valence-corrected chi connectivity index (χ1v) is 9.26. The zero-order valence-electron chi connectivity index (χ0n) is 15.8. The molecular weight excluding hydrogens is 352 g/mol. The summed E-state index contributed by atoms with van der Waals surface area (Å²) in [6.07, 6.45) is 3.65. The van der Waals surface area contributed by atoms with Crippen molar-refractivity contribution in [1.82, 2.24) is 19.7 Å². The van der Waals surface area contributed by atoms with Crippen LogP contribution in [0.15, 0.2) is 24.5 Å². The minimum atomic E-state index is -0.654. The number of amides is 1. The Morgan fingerprint density at radius 2 is 2.07 bits per heavy atom. The second kappa shape index (κ2) is 8.12. The second-order valence-corrected chi connectivity index (χ2v) is 7.31. The summed E-state index contributed by atoms with van der Waals surface area (Å²) in [6.45, 7) is 7.38. The van der Waals surface area contributed by atoms with E-state index in [-0.39, 0.29) is 23.6 Å². The minimum absolute atomic E-state index is 0.139. The van der Waals surface area contributed by atoms with Gasteiger partial charge < -0.3 is 9.88 Å². The zero-order chi connectivity index (χ0) is 19.6. The van der Waals surface area contributed by atoms with Crippen LogP contribution in [0, 0.1) is 11.6 Å². The number of anilines is 1. The first kappa shape index (κ1) is 19.4. The van der Waals surface area contributed by atoms with E-state index >= 15 is 0 Å². The predicted molar refractivity (Wildman–Crippen MR) is 98.4 cm³/mol. The van der Waals surface area contributed by atoms with E-state index in [1.54, 1.807) is 13.3 Å². The van der Waals surface area contributed by atoms with Gasteiger partial charge in [0.15, 0.2) is 0 Å². The number of hydrogen-bond donors (Lipinski definition) is 1. The smallest absolute Gasteiger partial charge is 0.241 e. The Balaban J connectivity index is 1.69. The quantitative estimate of drug-likeness (QED) is 0.868. The summed E-state index contributed by atoms with van der Waals surface area (Å²) in [5, 5.41) is 10.8. The number of hydrogen-bond acceptors (Lipinski definition) is 4. The van der Waals surface area contributed by atoms with Gasteiger partial charge in [0.1, 0.15) is 23.8 Å². The maximum atomic E-state index is 13.8. The first-order valence-electron chi connectivity index (χ1n) is 9.26. The molecule has 1 saturated heterocycles. The van der Waals surface area contributed by atoms with Crippen LogP contribution < -0.4 is 5.32 Å². The fourth-order valence-electron chi connectivity index (χ4n) is 3.51. The summed E-state index contributed by atoms with van der Waals surface area (Å²) in [7, 11) is 0. The number of likely N-dealkylation sites (tertiary alicyclic amines) is 1. The highest BCUT2D eigenvalue weighted by molar-refractivity contribution is 5.94. The summed E-state index contributed by atoms with van der Waals surface area (Å²) in [4.78, 5) is 14.6. The summed E-state index contributed by atoms with van der Waals surface area (Å²) < 4.78 is 29.2. The van der Waals surface area contributed by atoms with Crippen molar-refractivity contribution in [1.29, 1.82) is 0 Å². The zero-order valence-corrected chi connectivity index (χ0v) is 15.8. The van der Waals surface area contributed by atoms with Crippen molar-refractivity contribution >= 4 is 11.6 Å². The van der Waals surface area contributed by atoms with Gasteiger partial charge in [-0.3, -0.25) is 9.69 Å². The SMILES string of the molecule is CC(C)n1cnnc1[C@@H]1CCCN([C@@H](C)C(=O)Nc2cc(F)ccc2F)C1. The largest absolute Gasteiger partial charge is 0.322 e. The molecule has 2 heterocycles. The fourth-order valence-corrected chi connectivity index (χ4v) is 3.51. The number of halogens is 2. The van der Waals surface area contributed by atoms with Gasteiger partial charge in [0.2, 0.25) is 5.91 Å². The average Bonchev–Trinajstić information content (AvgIpc) is 3.14. The number of aromatic nitrogens is 3. The number of rotatable bonds is 5. The van der Waals surface area contributed by atoms with Crippen LogP contribution >= 0.6 is 0 Å². The standard InChI is InChI=1S/C19H25F2N5O/c1-12(2)26-11-22-24-18(26)14-5-4-8-25(10-14)13(3)19(27)23-17-9-15(20)6-7-16(17)21/h6-7,9,11-14H,4-5,8,10H2,1-3H3,(H,23,27)/t13-,14+/m0/s1. The summed E-state index contributed by atoms with van der Waals surface area (Å²) in [5.41, 5.74) is -0.139. The number of piperidine rings is 1. The maximum absolute atomic E-state index is 13.8. The molecule has 1 aromatic carbocycles. The summed E-state index contributed by atoms with van der Waals surface area (Å²) in [5.74, 6) is -0.488. The molecule has 27 heavy (non-hydrogen) atoms. The molecule has 0 saturated carbocycles. The van der Waals surface area contributed by atoms with Crippen LogP contribution in [0.1, 0.15) is 51.4 Å². The van der Waals surface area contributed by atoms with Crippen molar-refractivity contribution in [3.8, 4) is 0 Å². The van der Waals surface area contributed by atoms with Gasteiger partial charge in [-0.2, -0.15) is 0 Å². The number of benzene rings is 1.